The normalized spacial score (nSPS) is 14.6. The molecule has 8 nitrogen and oxygen atoms in total. The van der Waals surface area contributed by atoms with Gasteiger partial charge in [-0.1, -0.05) is 30.3 Å². The third-order valence-corrected chi connectivity index (χ3v) is 5.87. The number of carbonyl (C=O) groups excluding carboxylic acids is 1. The van der Waals surface area contributed by atoms with Crippen LogP contribution in [-0.4, -0.2) is 63.4 Å². The number of fused-ring (bicyclic) bond motifs is 1. The van der Waals surface area contributed by atoms with E-state index in [4.69, 9.17) is 4.98 Å². The van der Waals surface area contributed by atoms with E-state index < -0.39 is 0 Å². The van der Waals surface area contributed by atoms with Gasteiger partial charge in [-0.05, 0) is 31.7 Å². The molecule has 0 radical (unpaired) electrons. The number of aromatic nitrogens is 4. The highest BCUT2D eigenvalue weighted by molar-refractivity contribution is 6.05. The van der Waals surface area contributed by atoms with Gasteiger partial charge in [0.2, 0.25) is 0 Å². The highest BCUT2D eigenvalue weighted by Crippen LogP contribution is 2.31. The van der Waals surface area contributed by atoms with Gasteiger partial charge in [-0.3, -0.25) is 9.20 Å². The number of hydrogen-bond donors (Lipinski definition) is 1. The summed E-state index contributed by atoms with van der Waals surface area (Å²) in [6.07, 6.45) is 3.36. The number of pyridine rings is 1. The maximum atomic E-state index is 13.2. The lowest BCUT2D eigenvalue weighted by Gasteiger charge is -2.33. The minimum atomic E-state index is -0.289. The summed E-state index contributed by atoms with van der Waals surface area (Å²) in [6, 6.07) is 15.6. The molecule has 1 aromatic carbocycles. The standard InChI is InChI=1S/C24H25N7O/c1-17-7-3-4-8-18(17)22-23(31-10-6-5-9-20(31)27-22)28-24(32)19-15-21(26-16-25-19)30-13-11-29(2)12-14-30/h3-10,15-16H,11-14H2,1-2H3,(H,28,32). The van der Waals surface area contributed by atoms with Crippen molar-refractivity contribution in [1.29, 1.82) is 0 Å². The van der Waals surface area contributed by atoms with E-state index in [1.54, 1.807) is 6.07 Å². The molecule has 1 aliphatic rings. The van der Waals surface area contributed by atoms with Crippen LogP contribution in [0.3, 0.4) is 0 Å². The molecule has 0 atom stereocenters. The lowest BCUT2D eigenvalue weighted by atomic mass is 10.1. The number of nitrogens with zero attached hydrogens (tertiary/aromatic N) is 6. The summed E-state index contributed by atoms with van der Waals surface area (Å²) in [6.45, 7) is 5.72. The van der Waals surface area contributed by atoms with Crippen molar-refractivity contribution in [2.24, 2.45) is 0 Å². The third kappa shape index (κ3) is 3.80. The second kappa shape index (κ2) is 8.39. The van der Waals surface area contributed by atoms with Gasteiger partial charge in [-0.25, -0.2) is 15.0 Å². The number of carbonyl (C=O) groups is 1. The fourth-order valence-electron chi connectivity index (χ4n) is 3.99. The van der Waals surface area contributed by atoms with Crippen LogP contribution in [-0.2, 0) is 0 Å². The Labute approximate surface area is 186 Å². The quantitative estimate of drug-likeness (QED) is 0.539. The van der Waals surface area contributed by atoms with E-state index in [1.807, 2.05) is 60.0 Å². The van der Waals surface area contributed by atoms with E-state index in [0.717, 1.165) is 54.5 Å². The van der Waals surface area contributed by atoms with Crippen molar-refractivity contribution in [2.45, 2.75) is 6.92 Å². The first-order chi connectivity index (χ1) is 15.6. The van der Waals surface area contributed by atoms with Crippen molar-refractivity contribution in [3.05, 3.63) is 72.3 Å². The third-order valence-electron chi connectivity index (χ3n) is 5.87. The van der Waals surface area contributed by atoms with Crippen molar-refractivity contribution >= 4 is 23.2 Å². The number of likely N-dealkylation sites (N-methyl/N-ethyl adjacent to an activating group) is 1. The minimum Gasteiger partial charge on any atom is -0.354 e. The summed E-state index contributed by atoms with van der Waals surface area (Å²) in [4.78, 5) is 31.1. The largest absolute Gasteiger partial charge is 0.354 e. The number of rotatable bonds is 4. The first-order valence-electron chi connectivity index (χ1n) is 10.7. The van der Waals surface area contributed by atoms with Crippen LogP contribution >= 0.6 is 0 Å². The molecule has 0 aliphatic carbocycles. The van der Waals surface area contributed by atoms with Crippen molar-refractivity contribution in [2.75, 3.05) is 43.4 Å². The van der Waals surface area contributed by atoms with Crippen LogP contribution in [0.4, 0.5) is 11.6 Å². The molecule has 32 heavy (non-hydrogen) atoms. The predicted molar refractivity (Wildman–Crippen MR) is 125 cm³/mol. The molecule has 4 aromatic rings. The van der Waals surface area contributed by atoms with Gasteiger partial charge in [0.15, 0.2) is 0 Å². The number of aryl methyl sites for hydroxylation is 1. The molecular weight excluding hydrogens is 402 g/mol. The van der Waals surface area contributed by atoms with Crippen LogP contribution < -0.4 is 10.2 Å². The Hall–Kier alpha value is -3.78. The minimum absolute atomic E-state index is 0.289. The summed E-state index contributed by atoms with van der Waals surface area (Å²) < 4.78 is 1.89. The maximum absolute atomic E-state index is 13.2. The Bertz CT molecular complexity index is 1270. The van der Waals surface area contributed by atoms with E-state index in [9.17, 15) is 4.79 Å². The second-order valence-corrected chi connectivity index (χ2v) is 8.06. The molecule has 1 fully saturated rings. The fraction of sp³-hybridized carbons (Fsp3) is 0.250. The smallest absolute Gasteiger partial charge is 0.275 e. The summed E-state index contributed by atoms with van der Waals surface area (Å²) in [5.74, 6) is 1.11. The van der Waals surface area contributed by atoms with E-state index in [-0.39, 0.29) is 5.91 Å². The van der Waals surface area contributed by atoms with Crippen LogP contribution in [0.5, 0.6) is 0 Å². The monoisotopic (exact) mass is 427 g/mol. The Morgan fingerprint density at radius 2 is 1.78 bits per heavy atom. The molecule has 0 saturated carbocycles. The molecule has 0 spiro atoms. The van der Waals surface area contributed by atoms with Crippen LogP contribution in [0.1, 0.15) is 16.1 Å². The maximum Gasteiger partial charge on any atom is 0.275 e. The average Bonchev–Trinajstić information content (AvgIpc) is 3.18. The molecule has 1 aliphatic heterocycles. The number of hydrogen-bond acceptors (Lipinski definition) is 6. The number of imidazole rings is 1. The zero-order chi connectivity index (χ0) is 22.1. The number of benzene rings is 1. The van der Waals surface area contributed by atoms with Gasteiger partial charge in [-0.2, -0.15) is 0 Å². The lowest BCUT2D eigenvalue weighted by Crippen LogP contribution is -2.44. The average molecular weight is 428 g/mol. The molecule has 5 rings (SSSR count). The van der Waals surface area contributed by atoms with Crippen LogP contribution in [0.2, 0.25) is 0 Å². The van der Waals surface area contributed by atoms with E-state index in [0.29, 0.717) is 11.5 Å². The molecule has 1 amide bonds. The molecule has 162 valence electrons. The first kappa shape index (κ1) is 20.1. The van der Waals surface area contributed by atoms with E-state index in [1.165, 1.54) is 6.33 Å². The Morgan fingerprint density at radius 3 is 2.59 bits per heavy atom. The van der Waals surface area contributed by atoms with E-state index >= 15 is 0 Å². The molecule has 1 saturated heterocycles. The van der Waals surface area contributed by atoms with Crippen molar-refractivity contribution in [1.82, 2.24) is 24.3 Å². The summed E-state index contributed by atoms with van der Waals surface area (Å²) in [5, 5.41) is 3.06. The fourth-order valence-corrected chi connectivity index (χ4v) is 3.99. The highest BCUT2D eigenvalue weighted by atomic mass is 16.2. The number of nitrogens with one attached hydrogen (secondary N) is 1. The van der Waals surface area contributed by atoms with Gasteiger partial charge in [0.05, 0.1) is 0 Å². The molecule has 1 N–H and O–H groups in total. The highest BCUT2D eigenvalue weighted by Gasteiger charge is 2.21. The second-order valence-electron chi connectivity index (χ2n) is 8.06. The number of anilines is 2. The van der Waals surface area contributed by atoms with Crippen molar-refractivity contribution in [3.8, 4) is 11.3 Å². The SMILES string of the molecule is Cc1ccccc1-c1nc2ccccn2c1NC(=O)c1cc(N2CCN(C)CC2)ncn1. The molecule has 3 aromatic heterocycles. The van der Waals surface area contributed by atoms with Crippen LogP contribution in [0.25, 0.3) is 16.9 Å². The summed E-state index contributed by atoms with van der Waals surface area (Å²) in [5.41, 5.74) is 3.89. The summed E-state index contributed by atoms with van der Waals surface area (Å²) >= 11 is 0. The Kier molecular flexibility index (Phi) is 5.28. The topological polar surface area (TPSA) is 78.7 Å². The van der Waals surface area contributed by atoms with Gasteiger partial charge in [0.25, 0.3) is 5.91 Å². The van der Waals surface area contributed by atoms with Gasteiger partial charge in [0, 0.05) is 44.0 Å². The molecule has 0 bridgehead atoms. The van der Waals surface area contributed by atoms with Gasteiger partial charge in [-0.15, -0.1) is 0 Å². The van der Waals surface area contributed by atoms with E-state index in [2.05, 4.69) is 32.1 Å². The van der Waals surface area contributed by atoms with Crippen molar-refractivity contribution < 1.29 is 4.79 Å². The Balaban J connectivity index is 1.49. The zero-order valence-electron chi connectivity index (χ0n) is 18.2. The molecule has 8 heteroatoms. The molecular formula is C24H25N7O. The number of amides is 1. The molecule has 0 unspecified atom stereocenters. The first-order valence-corrected chi connectivity index (χ1v) is 10.7. The Morgan fingerprint density at radius 1 is 1.00 bits per heavy atom. The predicted octanol–water partition coefficient (Wildman–Crippen LogP) is 3.10. The lowest BCUT2D eigenvalue weighted by molar-refractivity contribution is 0.102. The van der Waals surface area contributed by atoms with Gasteiger partial charge >= 0.3 is 0 Å². The number of piperazine rings is 1. The zero-order valence-corrected chi connectivity index (χ0v) is 18.2. The van der Waals surface area contributed by atoms with Crippen LogP contribution in [0.15, 0.2) is 61.1 Å². The molecule has 4 heterocycles. The van der Waals surface area contributed by atoms with Gasteiger partial charge in [0.1, 0.15) is 35.0 Å². The summed E-state index contributed by atoms with van der Waals surface area (Å²) in [7, 11) is 2.11. The van der Waals surface area contributed by atoms with Crippen molar-refractivity contribution in [3.63, 3.8) is 0 Å². The van der Waals surface area contributed by atoms with Crippen LogP contribution in [0, 0.1) is 6.92 Å². The van der Waals surface area contributed by atoms with Gasteiger partial charge < -0.3 is 15.1 Å².